The predicted octanol–water partition coefficient (Wildman–Crippen LogP) is 2.92. The summed E-state index contributed by atoms with van der Waals surface area (Å²) in [7, 11) is 0. The van der Waals surface area contributed by atoms with Crippen molar-refractivity contribution in [2.45, 2.75) is 47.0 Å². The molecule has 0 amide bonds. The lowest BCUT2D eigenvalue weighted by Crippen LogP contribution is -2.23. The molecule has 0 aromatic carbocycles. The molecule has 0 aromatic rings. The molecule has 0 aliphatic heterocycles. The van der Waals surface area contributed by atoms with Crippen LogP contribution in [0.4, 0.5) is 0 Å². The Morgan fingerprint density at radius 2 is 2.00 bits per heavy atom. The van der Waals surface area contributed by atoms with E-state index < -0.39 is 5.97 Å². The lowest BCUT2D eigenvalue weighted by molar-refractivity contribution is -0.139. The van der Waals surface area contributed by atoms with E-state index in [0.29, 0.717) is 0 Å². The van der Waals surface area contributed by atoms with Gasteiger partial charge in [0.05, 0.1) is 0 Å². The fourth-order valence-corrected chi connectivity index (χ4v) is 1.43. The van der Waals surface area contributed by atoms with Crippen molar-refractivity contribution in [3.63, 3.8) is 0 Å². The third kappa shape index (κ3) is 3.74. The first kappa shape index (κ1) is 11.5. The number of carboxylic acid groups (broad SMARTS) is 1. The molecule has 2 nitrogen and oxygen atoms in total. The van der Waals surface area contributed by atoms with Crippen molar-refractivity contribution in [1.82, 2.24) is 0 Å². The molecule has 12 heavy (non-hydrogen) atoms. The normalized spacial score (nSPS) is 14.3. The molecule has 0 heterocycles. The molecule has 0 unspecified atom stereocenters. The highest BCUT2D eigenvalue weighted by Crippen LogP contribution is 2.33. The summed E-state index contributed by atoms with van der Waals surface area (Å²) in [6, 6.07) is 0. The Labute approximate surface area is 75.0 Å². The average Bonchev–Trinajstić information content (AvgIpc) is 1.85. The highest BCUT2D eigenvalue weighted by atomic mass is 16.4. The van der Waals surface area contributed by atoms with E-state index >= 15 is 0 Å². The highest BCUT2D eigenvalue weighted by molar-refractivity contribution is 5.67. The molecule has 1 N–H and O–H groups in total. The van der Waals surface area contributed by atoms with E-state index in [9.17, 15) is 4.79 Å². The van der Waals surface area contributed by atoms with Gasteiger partial charge in [-0.25, -0.2) is 0 Å². The van der Waals surface area contributed by atoms with Crippen LogP contribution < -0.4 is 0 Å². The van der Waals surface area contributed by atoms with Gasteiger partial charge in [-0.05, 0) is 17.8 Å². The van der Waals surface area contributed by atoms with Crippen molar-refractivity contribution in [3.05, 3.63) is 0 Å². The molecule has 0 spiro atoms. The van der Waals surface area contributed by atoms with Gasteiger partial charge in [0, 0.05) is 6.42 Å². The van der Waals surface area contributed by atoms with E-state index in [2.05, 4.69) is 20.8 Å². The standard InChI is InChI=1S/C10H20O2/c1-5-6-10(3,4)8(2)7-9(11)12/h8H,5-7H2,1-4H3,(H,11,12)/t8-/m1/s1. The van der Waals surface area contributed by atoms with Crippen LogP contribution in [0, 0.1) is 11.3 Å². The maximum atomic E-state index is 10.5. The van der Waals surface area contributed by atoms with Crippen molar-refractivity contribution in [1.29, 1.82) is 0 Å². The summed E-state index contributed by atoms with van der Waals surface area (Å²) in [6.07, 6.45) is 2.51. The van der Waals surface area contributed by atoms with Crippen molar-refractivity contribution >= 4 is 5.97 Å². The van der Waals surface area contributed by atoms with Crippen molar-refractivity contribution in [2.24, 2.45) is 11.3 Å². The van der Waals surface area contributed by atoms with Crippen LogP contribution in [0.3, 0.4) is 0 Å². The number of carboxylic acids is 1. The fourth-order valence-electron chi connectivity index (χ4n) is 1.43. The summed E-state index contributed by atoms with van der Waals surface area (Å²) in [5, 5.41) is 8.62. The number of hydrogen-bond acceptors (Lipinski definition) is 1. The van der Waals surface area contributed by atoms with Gasteiger partial charge in [0.2, 0.25) is 0 Å². The Hall–Kier alpha value is -0.530. The van der Waals surface area contributed by atoms with Gasteiger partial charge >= 0.3 is 5.97 Å². The molecule has 0 radical (unpaired) electrons. The Balaban J connectivity index is 4.04. The lowest BCUT2D eigenvalue weighted by atomic mass is 9.75. The molecule has 0 aromatic heterocycles. The minimum atomic E-state index is -0.688. The van der Waals surface area contributed by atoms with Gasteiger partial charge in [-0.1, -0.05) is 34.1 Å². The molecule has 0 aliphatic carbocycles. The largest absolute Gasteiger partial charge is 0.481 e. The van der Waals surface area contributed by atoms with Gasteiger partial charge in [0.15, 0.2) is 0 Å². The second kappa shape index (κ2) is 4.48. The van der Waals surface area contributed by atoms with Crippen LogP contribution in [-0.4, -0.2) is 11.1 Å². The van der Waals surface area contributed by atoms with Crippen LogP contribution in [0.25, 0.3) is 0 Å². The summed E-state index contributed by atoms with van der Waals surface area (Å²) in [4.78, 5) is 10.5. The maximum absolute atomic E-state index is 10.5. The summed E-state index contributed by atoms with van der Waals surface area (Å²) >= 11 is 0. The third-order valence-electron chi connectivity index (χ3n) is 2.71. The van der Waals surface area contributed by atoms with Crippen LogP contribution in [0.1, 0.15) is 47.0 Å². The molecule has 2 heteroatoms. The van der Waals surface area contributed by atoms with Gasteiger partial charge in [0.1, 0.15) is 0 Å². The first-order valence-corrected chi connectivity index (χ1v) is 4.62. The Bertz CT molecular complexity index is 150. The monoisotopic (exact) mass is 172 g/mol. The van der Waals surface area contributed by atoms with E-state index in [1.54, 1.807) is 0 Å². The zero-order chi connectivity index (χ0) is 9.78. The maximum Gasteiger partial charge on any atom is 0.303 e. The molecular formula is C10H20O2. The number of carbonyl (C=O) groups is 1. The van der Waals surface area contributed by atoms with E-state index in [1.165, 1.54) is 0 Å². The summed E-state index contributed by atoms with van der Waals surface area (Å²) < 4.78 is 0. The first-order chi connectivity index (χ1) is 5.40. The Kier molecular flexibility index (Phi) is 4.29. The van der Waals surface area contributed by atoms with E-state index in [-0.39, 0.29) is 17.8 Å². The molecular weight excluding hydrogens is 152 g/mol. The van der Waals surface area contributed by atoms with Crippen LogP contribution in [-0.2, 0) is 4.79 Å². The smallest absolute Gasteiger partial charge is 0.303 e. The van der Waals surface area contributed by atoms with Crippen LogP contribution in [0.5, 0.6) is 0 Å². The predicted molar refractivity (Wildman–Crippen MR) is 50.1 cm³/mol. The fraction of sp³-hybridized carbons (Fsp3) is 0.900. The number of hydrogen-bond donors (Lipinski definition) is 1. The van der Waals surface area contributed by atoms with Gasteiger partial charge in [0.25, 0.3) is 0 Å². The van der Waals surface area contributed by atoms with Crippen LogP contribution in [0.15, 0.2) is 0 Å². The van der Waals surface area contributed by atoms with Crippen molar-refractivity contribution in [3.8, 4) is 0 Å². The summed E-state index contributed by atoms with van der Waals surface area (Å²) in [5.74, 6) is -0.429. The molecule has 1 atom stereocenters. The summed E-state index contributed by atoms with van der Waals surface area (Å²) in [6.45, 7) is 8.44. The molecule has 0 saturated heterocycles. The minimum absolute atomic E-state index is 0.160. The third-order valence-corrected chi connectivity index (χ3v) is 2.71. The van der Waals surface area contributed by atoms with Gasteiger partial charge in [-0.3, -0.25) is 4.79 Å². The number of aliphatic carboxylic acids is 1. The quantitative estimate of drug-likeness (QED) is 0.692. The van der Waals surface area contributed by atoms with Gasteiger partial charge in [-0.15, -0.1) is 0 Å². The average molecular weight is 172 g/mol. The zero-order valence-corrected chi connectivity index (χ0v) is 8.55. The first-order valence-electron chi connectivity index (χ1n) is 4.62. The molecule has 0 aliphatic rings. The zero-order valence-electron chi connectivity index (χ0n) is 8.55. The van der Waals surface area contributed by atoms with Crippen molar-refractivity contribution < 1.29 is 9.90 Å². The Morgan fingerprint density at radius 3 is 2.33 bits per heavy atom. The molecule has 0 rings (SSSR count). The van der Waals surface area contributed by atoms with Crippen molar-refractivity contribution in [2.75, 3.05) is 0 Å². The molecule has 0 bridgehead atoms. The lowest BCUT2D eigenvalue weighted by Gasteiger charge is -2.30. The molecule has 0 saturated carbocycles. The van der Waals surface area contributed by atoms with E-state index in [1.807, 2.05) is 6.92 Å². The Morgan fingerprint density at radius 1 is 1.50 bits per heavy atom. The number of rotatable bonds is 5. The van der Waals surface area contributed by atoms with Gasteiger partial charge < -0.3 is 5.11 Å². The van der Waals surface area contributed by atoms with Crippen LogP contribution >= 0.6 is 0 Å². The highest BCUT2D eigenvalue weighted by Gasteiger charge is 2.26. The second-order valence-electron chi connectivity index (χ2n) is 4.24. The molecule has 72 valence electrons. The molecule has 0 fully saturated rings. The SMILES string of the molecule is CCCC(C)(C)[C@H](C)CC(=O)O. The van der Waals surface area contributed by atoms with E-state index in [0.717, 1.165) is 12.8 Å². The topological polar surface area (TPSA) is 37.3 Å². The van der Waals surface area contributed by atoms with Crippen LogP contribution in [0.2, 0.25) is 0 Å². The summed E-state index contributed by atoms with van der Waals surface area (Å²) in [5.41, 5.74) is 0.160. The van der Waals surface area contributed by atoms with Gasteiger partial charge in [-0.2, -0.15) is 0 Å². The second-order valence-corrected chi connectivity index (χ2v) is 4.24. The minimum Gasteiger partial charge on any atom is -0.481 e. The van der Waals surface area contributed by atoms with E-state index in [4.69, 9.17) is 5.11 Å².